The van der Waals surface area contributed by atoms with Crippen LogP contribution in [-0.2, 0) is 6.54 Å². The standard InChI is InChI=1S/C22H22N4O5/c1-30-20-9-10-21(31-2)15(11-20)13-24(17-3-4-17)22(27)16-12-23-25(14-16)18-5-7-19(8-6-18)26(28)29/h5-12,14,17H,3-4,13H2,1-2H3. The van der Waals surface area contributed by atoms with Gasteiger partial charge in [0.05, 0.1) is 43.1 Å². The number of methoxy groups -OCH3 is 2. The Morgan fingerprint density at radius 3 is 2.55 bits per heavy atom. The summed E-state index contributed by atoms with van der Waals surface area (Å²) >= 11 is 0. The quantitative estimate of drug-likeness (QED) is 0.406. The molecule has 0 unspecified atom stereocenters. The molecule has 0 N–H and O–H groups in total. The van der Waals surface area contributed by atoms with Crippen LogP contribution < -0.4 is 9.47 Å². The summed E-state index contributed by atoms with van der Waals surface area (Å²) in [6, 6.07) is 11.7. The highest BCUT2D eigenvalue weighted by Gasteiger charge is 2.34. The van der Waals surface area contributed by atoms with Crippen LogP contribution in [0.15, 0.2) is 54.9 Å². The molecule has 0 atom stereocenters. The number of carbonyl (C=O) groups is 1. The van der Waals surface area contributed by atoms with Crippen LogP contribution in [0.25, 0.3) is 5.69 Å². The number of carbonyl (C=O) groups excluding carboxylic acids is 1. The summed E-state index contributed by atoms with van der Waals surface area (Å²) in [5, 5.41) is 15.1. The van der Waals surface area contributed by atoms with Crippen molar-refractivity contribution in [3.8, 4) is 17.2 Å². The molecule has 1 aliphatic rings. The normalized spacial score (nSPS) is 13.0. The van der Waals surface area contributed by atoms with E-state index in [1.807, 2.05) is 23.1 Å². The Bertz CT molecular complexity index is 1110. The Morgan fingerprint density at radius 1 is 1.19 bits per heavy atom. The lowest BCUT2D eigenvalue weighted by molar-refractivity contribution is -0.384. The predicted molar refractivity (Wildman–Crippen MR) is 113 cm³/mol. The lowest BCUT2D eigenvalue weighted by Crippen LogP contribution is -2.32. The molecule has 0 aliphatic heterocycles. The molecule has 1 aliphatic carbocycles. The number of nitro benzene ring substituents is 1. The fourth-order valence-electron chi connectivity index (χ4n) is 3.41. The summed E-state index contributed by atoms with van der Waals surface area (Å²) in [6.07, 6.45) is 5.06. The first kappa shape index (κ1) is 20.4. The molecule has 3 aromatic rings. The van der Waals surface area contributed by atoms with Crippen molar-refractivity contribution < 1.29 is 19.2 Å². The van der Waals surface area contributed by atoms with Crippen molar-refractivity contribution in [2.75, 3.05) is 14.2 Å². The van der Waals surface area contributed by atoms with Gasteiger partial charge in [-0.25, -0.2) is 4.68 Å². The minimum Gasteiger partial charge on any atom is -0.497 e. The third kappa shape index (κ3) is 4.35. The zero-order valence-electron chi connectivity index (χ0n) is 17.2. The van der Waals surface area contributed by atoms with E-state index in [0.29, 0.717) is 29.3 Å². The molecule has 0 saturated heterocycles. The number of amides is 1. The second kappa shape index (κ2) is 8.47. The molecule has 9 heteroatoms. The first-order valence-corrected chi connectivity index (χ1v) is 9.81. The first-order valence-electron chi connectivity index (χ1n) is 9.81. The lowest BCUT2D eigenvalue weighted by atomic mass is 10.1. The third-order valence-electron chi connectivity index (χ3n) is 5.23. The maximum absolute atomic E-state index is 13.3. The molecule has 1 aromatic heterocycles. The number of nitro groups is 1. The highest BCUT2D eigenvalue weighted by atomic mass is 16.6. The summed E-state index contributed by atoms with van der Waals surface area (Å²) in [4.78, 5) is 25.5. The van der Waals surface area contributed by atoms with Crippen molar-refractivity contribution in [1.29, 1.82) is 0 Å². The van der Waals surface area contributed by atoms with Crippen LogP contribution in [-0.4, -0.2) is 45.8 Å². The van der Waals surface area contributed by atoms with Crippen LogP contribution in [0.4, 0.5) is 5.69 Å². The molecule has 2 aromatic carbocycles. The van der Waals surface area contributed by atoms with Crippen LogP contribution in [0, 0.1) is 10.1 Å². The SMILES string of the molecule is COc1ccc(OC)c(CN(C(=O)c2cnn(-c3ccc([N+](=O)[O-])cc3)c2)C2CC2)c1. The number of hydrogen-bond donors (Lipinski definition) is 0. The summed E-state index contributed by atoms with van der Waals surface area (Å²) in [7, 11) is 3.20. The summed E-state index contributed by atoms with van der Waals surface area (Å²) < 4.78 is 12.3. The highest BCUT2D eigenvalue weighted by molar-refractivity contribution is 5.94. The molecular weight excluding hydrogens is 400 g/mol. The van der Waals surface area contributed by atoms with Crippen LogP contribution in [0.3, 0.4) is 0 Å². The largest absolute Gasteiger partial charge is 0.497 e. The number of benzene rings is 2. The van der Waals surface area contributed by atoms with Crippen molar-refractivity contribution in [3.63, 3.8) is 0 Å². The van der Waals surface area contributed by atoms with Gasteiger partial charge in [-0.1, -0.05) is 0 Å². The summed E-state index contributed by atoms with van der Waals surface area (Å²) in [5.74, 6) is 1.27. The molecule has 160 valence electrons. The predicted octanol–water partition coefficient (Wildman–Crippen LogP) is 3.60. The van der Waals surface area contributed by atoms with Crippen LogP contribution in [0.1, 0.15) is 28.8 Å². The first-order chi connectivity index (χ1) is 15.0. The van der Waals surface area contributed by atoms with Crippen LogP contribution >= 0.6 is 0 Å². The van der Waals surface area contributed by atoms with E-state index in [0.717, 1.165) is 18.4 Å². The van der Waals surface area contributed by atoms with Crippen molar-refractivity contribution >= 4 is 11.6 Å². The minimum absolute atomic E-state index is 0.000601. The van der Waals surface area contributed by atoms with Crippen LogP contribution in [0.2, 0.25) is 0 Å². The number of non-ortho nitro benzene ring substituents is 1. The molecule has 0 radical (unpaired) electrons. The Hall–Kier alpha value is -3.88. The van der Waals surface area contributed by atoms with Gasteiger partial charge in [-0.15, -0.1) is 0 Å². The van der Waals surface area contributed by atoms with E-state index in [2.05, 4.69) is 5.10 Å². The minimum atomic E-state index is -0.456. The van der Waals surface area contributed by atoms with Gasteiger partial charge in [0.25, 0.3) is 11.6 Å². The van der Waals surface area contributed by atoms with Gasteiger partial charge in [0, 0.05) is 29.9 Å². The molecule has 0 spiro atoms. The van der Waals surface area contributed by atoms with E-state index in [-0.39, 0.29) is 17.6 Å². The molecule has 4 rings (SSSR count). The molecule has 1 saturated carbocycles. The Kier molecular flexibility index (Phi) is 5.57. The zero-order valence-corrected chi connectivity index (χ0v) is 17.2. The molecular formula is C22H22N4O5. The number of hydrogen-bond acceptors (Lipinski definition) is 6. The van der Waals surface area contributed by atoms with E-state index >= 15 is 0 Å². The van der Waals surface area contributed by atoms with Gasteiger partial charge in [0.2, 0.25) is 0 Å². The van der Waals surface area contributed by atoms with Crippen molar-refractivity contribution in [3.05, 3.63) is 76.1 Å². The van der Waals surface area contributed by atoms with E-state index in [9.17, 15) is 14.9 Å². The number of ether oxygens (including phenoxy) is 2. The smallest absolute Gasteiger partial charge is 0.269 e. The average Bonchev–Trinajstić information content (AvgIpc) is 3.52. The lowest BCUT2D eigenvalue weighted by Gasteiger charge is -2.23. The molecule has 31 heavy (non-hydrogen) atoms. The third-order valence-corrected chi connectivity index (χ3v) is 5.23. The highest BCUT2D eigenvalue weighted by Crippen LogP contribution is 2.33. The molecule has 9 nitrogen and oxygen atoms in total. The molecule has 1 amide bonds. The molecule has 1 heterocycles. The van der Waals surface area contributed by atoms with Gasteiger partial charge < -0.3 is 14.4 Å². The topological polar surface area (TPSA) is 99.7 Å². The Morgan fingerprint density at radius 2 is 1.94 bits per heavy atom. The van der Waals surface area contributed by atoms with E-state index in [1.54, 1.807) is 32.5 Å². The van der Waals surface area contributed by atoms with Gasteiger partial charge in [-0.3, -0.25) is 14.9 Å². The van der Waals surface area contributed by atoms with Gasteiger partial charge >= 0.3 is 0 Å². The fraction of sp³-hybridized carbons (Fsp3) is 0.273. The Balaban J connectivity index is 1.57. The van der Waals surface area contributed by atoms with Crippen molar-refractivity contribution in [2.45, 2.75) is 25.4 Å². The maximum Gasteiger partial charge on any atom is 0.269 e. The monoisotopic (exact) mass is 422 g/mol. The van der Waals surface area contributed by atoms with Gasteiger partial charge in [0.15, 0.2) is 0 Å². The van der Waals surface area contributed by atoms with Gasteiger partial charge in [0.1, 0.15) is 11.5 Å². The van der Waals surface area contributed by atoms with Crippen molar-refractivity contribution in [2.24, 2.45) is 0 Å². The van der Waals surface area contributed by atoms with Crippen molar-refractivity contribution in [1.82, 2.24) is 14.7 Å². The average molecular weight is 422 g/mol. The van der Waals surface area contributed by atoms with Crippen LogP contribution in [0.5, 0.6) is 11.5 Å². The molecule has 1 fully saturated rings. The fourth-order valence-corrected chi connectivity index (χ4v) is 3.41. The summed E-state index contributed by atoms with van der Waals surface area (Å²) in [5.41, 5.74) is 1.95. The summed E-state index contributed by atoms with van der Waals surface area (Å²) in [6.45, 7) is 0.395. The number of aromatic nitrogens is 2. The van der Waals surface area contributed by atoms with E-state index < -0.39 is 4.92 Å². The van der Waals surface area contributed by atoms with Gasteiger partial charge in [-0.2, -0.15) is 5.10 Å². The number of rotatable bonds is 8. The molecule has 0 bridgehead atoms. The van der Waals surface area contributed by atoms with Gasteiger partial charge in [-0.05, 0) is 43.2 Å². The maximum atomic E-state index is 13.3. The number of nitrogens with zero attached hydrogens (tertiary/aromatic N) is 4. The second-order valence-corrected chi connectivity index (χ2v) is 7.29. The Labute approximate surface area is 179 Å². The van der Waals surface area contributed by atoms with E-state index in [1.165, 1.54) is 23.0 Å². The zero-order chi connectivity index (χ0) is 22.0. The van der Waals surface area contributed by atoms with E-state index in [4.69, 9.17) is 9.47 Å². The second-order valence-electron chi connectivity index (χ2n) is 7.29.